The summed E-state index contributed by atoms with van der Waals surface area (Å²) in [7, 11) is 0. The average molecular weight is 443 g/mol. The Bertz CT molecular complexity index is 1190. The second-order valence-electron chi connectivity index (χ2n) is 7.47. The van der Waals surface area contributed by atoms with Crippen molar-refractivity contribution < 1.29 is 22.0 Å². The van der Waals surface area contributed by atoms with Crippen LogP contribution in [0.4, 0.5) is 22.0 Å². The van der Waals surface area contributed by atoms with Crippen molar-refractivity contribution >= 4 is 0 Å². The molecule has 0 unspecified atom stereocenters. The molecule has 0 aliphatic heterocycles. The van der Waals surface area contributed by atoms with E-state index >= 15 is 0 Å². The van der Waals surface area contributed by atoms with Crippen molar-refractivity contribution in [3.05, 3.63) is 90.0 Å². The van der Waals surface area contributed by atoms with Crippen LogP contribution in [0.2, 0.25) is 0 Å². The third-order valence-electron chi connectivity index (χ3n) is 4.94. The predicted octanol–water partition coefficient (Wildman–Crippen LogP) is 6.82. The molecule has 1 heterocycles. The molecule has 4 rings (SSSR count). The maximum Gasteiger partial charge on any atom is 0.393 e. The van der Waals surface area contributed by atoms with E-state index in [9.17, 15) is 22.0 Å². The van der Waals surface area contributed by atoms with Crippen LogP contribution < -0.4 is 0 Å². The third-order valence-corrected chi connectivity index (χ3v) is 4.94. The highest BCUT2D eigenvalue weighted by Gasteiger charge is 2.28. The highest BCUT2D eigenvalue weighted by molar-refractivity contribution is 5.67. The Hall–Kier alpha value is -3.55. The molecule has 4 aromatic rings. The first kappa shape index (κ1) is 21.7. The van der Waals surface area contributed by atoms with Gasteiger partial charge in [0.1, 0.15) is 0 Å². The van der Waals surface area contributed by atoms with E-state index in [4.69, 9.17) is 0 Å². The molecule has 0 atom stereocenters. The zero-order valence-corrected chi connectivity index (χ0v) is 16.9. The lowest BCUT2D eigenvalue weighted by atomic mass is 10.1. The zero-order valence-electron chi connectivity index (χ0n) is 16.9. The molecular weight excluding hydrogens is 425 g/mol. The Labute approximate surface area is 181 Å². The Morgan fingerprint density at radius 1 is 0.688 bits per heavy atom. The predicted molar refractivity (Wildman–Crippen MR) is 112 cm³/mol. The SMILES string of the molecule is CC(F)(F)c1ccc(-c2nnc(-c3ccc(CC(F)(F)F)cc3)n2-c2ccccc2)cc1. The molecule has 0 radical (unpaired) electrons. The molecule has 3 nitrogen and oxygen atoms in total. The molecule has 164 valence electrons. The number of benzene rings is 3. The van der Waals surface area contributed by atoms with Crippen LogP contribution in [-0.2, 0) is 12.3 Å². The molecule has 0 spiro atoms. The average Bonchev–Trinajstić information content (AvgIpc) is 3.18. The molecule has 0 fully saturated rings. The number of aromatic nitrogens is 3. The topological polar surface area (TPSA) is 30.7 Å². The summed E-state index contributed by atoms with van der Waals surface area (Å²) in [5.41, 5.74) is 1.91. The van der Waals surface area contributed by atoms with E-state index in [0.29, 0.717) is 22.8 Å². The first-order valence-corrected chi connectivity index (χ1v) is 9.77. The highest BCUT2D eigenvalue weighted by atomic mass is 19.4. The Morgan fingerprint density at radius 3 is 1.66 bits per heavy atom. The van der Waals surface area contributed by atoms with Gasteiger partial charge in [-0.05, 0) is 17.7 Å². The lowest BCUT2D eigenvalue weighted by Crippen LogP contribution is -2.11. The highest BCUT2D eigenvalue weighted by Crippen LogP contribution is 2.32. The summed E-state index contributed by atoms with van der Waals surface area (Å²) in [6.45, 7) is 0.828. The molecule has 0 amide bonds. The van der Waals surface area contributed by atoms with Gasteiger partial charge < -0.3 is 0 Å². The molecule has 1 aromatic heterocycles. The third kappa shape index (κ3) is 4.69. The van der Waals surface area contributed by atoms with Gasteiger partial charge in [0.25, 0.3) is 5.92 Å². The van der Waals surface area contributed by atoms with Crippen LogP contribution in [0.5, 0.6) is 0 Å². The number of rotatable bonds is 5. The first-order valence-electron chi connectivity index (χ1n) is 9.77. The maximum atomic E-state index is 13.6. The van der Waals surface area contributed by atoms with Crippen LogP contribution >= 0.6 is 0 Å². The molecule has 0 saturated heterocycles. The van der Waals surface area contributed by atoms with Crippen molar-refractivity contribution in [1.82, 2.24) is 14.8 Å². The Kier molecular flexibility index (Phi) is 5.54. The van der Waals surface area contributed by atoms with Gasteiger partial charge in [-0.15, -0.1) is 10.2 Å². The number of nitrogens with zero attached hydrogens (tertiary/aromatic N) is 3. The van der Waals surface area contributed by atoms with Crippen molar-refractivity contribution in [2.45, 2.75) is 25.4 Å². The summed E-state index contributed by atoms with van der Waals surface area (Å²) in [6.07, 6.45) is -5.31. The Morgan fingerprint density at radius 2 is 1.19 bits per heavy atom. The second kappa shape index (κ2) is 8.18. The van der Waals surface area contributed by atoms with Crippen LogP contribution in [0.1, 0.15) is 18.1 Å². The van der Waals surface area contributed by atoms with Gasteiger partial charge in [-0.3, -0.25) is 4.57 Å². The minimum atomic E-state index is -4.29. The van der Waals surface area contributed by atoms with Gasteiger partial charge in [0.05, 0.1) is 6.42 Å². The second-order valence-corrected chi connectivity index (χ2v) is 7.47. The number of hydrogen-bond donors (Lipinski definition) is 0. The molecule has 0 aliphatic carbocycles. The number of para-hydroxylation sites is 1. The zero-order chi connectivity index (χ0) is 22.9. The van der Waals surface area contributed by atoms with Crippen molar-refractivity contribution in [3.8, 4) is 28.5 Å². The fourth-order valence-electron chi connectivity index (χ4n) is 3.39. The van der Waals surface area contributed by atoms with E-state index in [1.54, 1.807) is 28.8 Å². The van der Waals surface area contributed by atoms with Crippen molar-refractivity contribution in [3.63, 3.8) is 0 Å². The molecule has 0 bridgehead atoms. The van der Waals surface area contributed by atoms with Crippen molar-refractivity contribution in [2.75, 3.05) is 0 Å². The van der Waals surface area contributed by atoms with E-state index in [1.807, 2.05) is 30.3 Å². The fourth-order valence-corrected chi connectivity index (χ4v) is 3.39. The normalized spacial score (nSPS) is 12.2. The number of halogens is 5. The van der Waals surface area contributed by atoms with Gasteiger partial charge in [-0.25, -0.2) is 8.78 Å². The largest absolute Gasteiger partial charge is 0.393 e. The summed E-state index contributed by atoms with van der Waals surface area (Å²) in [5, 5.41) is 8.52. The smallest absolute Gasteiger partial charge is 0.275 e. The minimum absolute atomic E-state index is 0.118. The van der Waals surface area contributed by atoms with Gasteiger partial charge in [0.2, 0.25) is 0 Å². The van der Waals surface area contributed by atoms with Crippen LogP contribution in [0.15, 0.2) is 78.9 Å². The molecule has 0 aliphatic rings. The van der Waals surface area contributed by atoms with E-state index in [0.717, 1.165) is 12.6 Å². The molecule has 3 aromatic carbocycles. The minimum Gasteiger partial charge on any atom is -0.275 e. The summed E-state index contributed by atoms with van der Waals surface area (Å²) in [6, 6.07) is 20.9. The van der Waals surface area contributed by atoms with Gasteiger partial charge in [-0.1, -0.05) is 66.7 Å². The summed E-state index contributed by atoms with van der Waals surface area (Å²) >= 11 is 0. The number of hydrogen-bond acceptors (Lipinski definition) is 2. The molecule has 0 N–H and O–H groups in total. The summed E-state index contributed by atoms with van der Waals surface area (Å²) < 4.78 is 66.9. The van der Waals surface area contributed by atoms with Crippen LogP contribution in [-0.4, -0.2) is 20.9 Å². The first-order chi connectivity index (χ1) is 15.1. The van der Waals surface area contributed by atoms with Crippen LogP contribution in [0, 0.1) is 0 Å². The Balaban J connectivity index is 1.79. The van der Waals surface area contributed by atoms with Crippen LogP contribution in [0.3, 0.4) is 0 Å². The fraction of sp³-hybridized carbons (Fsp3) is 0.167. The standard InChI is InChI=1S/C24H18F5N3/c1-23(25,26)19-13-11-18(12-14-19)22-31-30-21(32(22)20-5-3-2-4-6-20)17-9-7-16(8-10-17)15-24(27,28)29/h2-14H,15H2,1H3. The monoisotopic (exact) mass is 443 g/mol. The van der Waals surface area contributed by atoms with Gasteiger partial charge in [-0.2, -0.15) is 13.2 Å². The van der Waals surface area contributed by atoms with Crippen LogP contribution in [0.25, 0.3) is 28.5 Å². The van der Waals surface area contributed by atoms with Crippen molar-refractivity contribution in [2.24, 2.45) is 0 Å². The summed E-state index contributed by atoms with van der Waals surface area (Å²) in [5.74, 6) is -2.11. The van der Waals surface area contributed by atoms with E-state index in [1.165, 1.54) is 24.3 Å². The lowest BCUT2D eigenvalue weighted by Gasteiger charge is -2.13. The lowest BCUT2D eigenvalue weighted by molar-refractivity contribution is -0.127. The van der Waals surface area contributed by atoms with E-state index in [-0.39, 0.29) is 11.1 Å². The van der Waals surface area contributed by atoms with E-state index < -0.39 is 18.5 Å². The van der Waals surface area contributed by atoms with E-state index in [2.05, 4.69) is 10.2 Å². The van der Waals surface area contributed by atoms with Gasteiger partial charge >= 0.3 is 6.18 Å². The quantitative estimate of drug-likeness (QED) is 0.317. The van der Waals surface area contributed by atoms with Gasteiger partial charge in [0, 0.05) is 29.3 Å². The molecular formula is C24H18F5N3. The molecule has 8 heteroatoms. The maximum absolute atomic E-state index is 13.6. The molecule has 0 saturated carbocycles. The van der Waals surface area contributed by atoms with Crippen molar-refractivity contribution in [1.29, 1.82) is 0 Å². The summed E-state index contributed by atoms with van der Waals surface area (Å²) in [4.78, 5) is 0. The molecule has 32 heavy (non-hydrogen) atoms. The number of alkyl halides is 5. The van der Waals surface area contributed by atoms with Gasteiger partial charge in [0.15, 0.2) is 11.6 Å².